The highest BCUT2D eigenvalue weighted by Crippen LogP contribution is 2.24. The molecule has 0 fully saturated rings. The Balaban J connectivity index is 2.23. The molecule has 22 heavy (non-hydrogen) atoms. The Morgan fingerprint density at radius 2 is 2.09 bits per heavy atom. The first-order valence-electron chi connectivity index (χ1n) is 7.00. The van der Waals surface area contributed by atoms with Gasteiger partial charge in [0.25, 0.3) is 0 Å². The molecule has 0 aliphatic heterocycles. The van der Waals surface area contributed by atoms with Crippen LogP contribution in [0.15, 0.2) is 32.9 Å². The van der Waals surface area contributed by atoms with E-state index in [0.717, 1.165) is 33.6 Å². The number of aryl methyl sites for hydroxylation is 2. The number of hydrogen-bond donors (Lipinski definition) is 0. The Bertz CT molecular complexity index is 757. The minimum atomic E-state index is -3.53. The Kier molecular flexibility index (Phi) is 5.76. The topological polar surface area (TPSA) is 50.3 Å². The molecule has 1 aromatic carbocycles. The van der Waals surface area contributed by atoms with Crippen LogP contribution in [0.2, 0.25) is 0 Å². The smallest absolute Gasteiger partial charge is 0.243 e. The second kappa shape index (κ2) is 7.21. The number of rotatable bonds is 6. The van der Waals surface area contributed by atoms with Gasteiger partial charge in [-0.05, 0) is 37.5 Å². The summed E-state index contributed by atoms with van der Waals surface area (Å²) in [7, 11) is -1.93. The summed E-state index contributed by atoms with van der Waals surface area (Å²) in [5.74, 6) is 0. The van der Waals surface area contributed by atoms with Gasteiger partial charge in [0, 0.05) is 16.9 Å². The molecular formula is C15H19BrN2O2S2. The summed E-state index contributed by atoms with van der Waals surface area (Å²) in [6.07, 6.45) is 1.98. The zero-order chi connectivity index (χ0) is 16.3. The van der Waals surface area contributed by atoms with Crippen LogP contribution >= 0.6 is 27.3 Å². The number of sulfonamides is 1. The fourth-order valence-corrected chi connectivity index (χ4v) is 4.88. The number of nitrogens with zero attached hydrogens (tertiary/aromatic N) is 2. The Morgan fingerprint density at radius 3 is 2.77 bits per heavy atom. The van der Waals surface area contributed by atoms with Gasteiger partial charge >= 0.3 is 0 Å². The van der Waals surface area contributed by atoms with Crippen molar-refractivity contribution in [3.8, 4) is 0 Å². The van der Waals surface area contributed by atoms with E-state index in [1.54, 1.807) is 37.4 Å². The molecule has 4 nitrogen and oxygen atoms in total. The highest BCUT2D eigenvalue weighted by atomic mass is 79.9. The molecule has 7 heteroatoms. The van der Waals surface area contributed by atoms with E-state index >= 15 is 0 Å². The lowest BCUT2D eigenvalue weighted by atomic mass is 10.2. The minimum Gasteiger partial charge on any atom is -0.245 e. The van der Waals surface area contributed by atoms with E-state index in [9.17, 15) is 8.42 Å². The van der Waals surface area contributed by atoms with Crippen LogP contribution in [0.4, 0.5) is 0 Å². The number of halogens is 1. The van der Waals surface area contributed by atoms with Crippen molar-refractivity contribution in [2.24, 2.45) is 0 Å². The first-order chi connectivity index (χ1) is 10.3. The molecule has 0 spiro atoms. The lowest BCUT2D eigenvalue weighted by Crippen LogP contribution is -2.27. The Hall–Kier alpha value is -0.760. The fraction of sp³-hybridized carbons (Fsp3) is 0.400. The summed E-state index contributed by atoms with van der Waals surface area (Å²) in [5.41, 5.74) is 1.53. The summed E-state index contributed by atoms with van der Waals surface area (Å²) in [6.45, 7) is 4.19. The molecular weight excluding hydrogens is 384 g/mol. The van der Waals surface area contributed by atoms with Crippen molar-refractivity contribution in [3.05, 3.63) is 44.3 Å². The van der Waals surface area contributed by atoms with E-state index in [-0.39, 0.29) is 6.54 Å². The normalized spacial score (nSPS) is 12.0. The van der Waals surface area contributed by atoms with Gasteiger partial charge in [-0.25, -0.2) is 13.4 Å². The lowest BCUT2D eigenvalue weighted by Gasteiger charge is -2.17. The molecule has 2 aromatic rings. The summed E-state index contributed by atoms with van der Waals surface area (Å²) >= 11 is 4.92. The lowest BCUT2D eigenvalue weighted by molar-refractivity contribution is 0.462. The molecule has 0 unspecified atom stereocenters. The molecule has 1 heterocycles. The van der Waals surface area contributed by atoms with Crippen LogP contribution in [0.3, 0.4) is 0 Å². The highest BCUT2D eigenvalue weighted by Gasteiger charge is 2.23. The van der Waals surface area contributed by atoms with Crippen molar-refractivity contribution in [1.29, 1.82) is 0 Å². The molecule has 0 saturated carbocycles. The van der Waals surface area contributed by atoms with Gasteiger partial charge in [-0.1, -0.05) is 28.9 Å². The maximum atomic E-state index is 12.7. The molecule has 0 aliphatic rings. The standard InChI is InChI=1S/C15H19BrN2O2S2/c1-4-5-15-17-13(10-21-15)9-18(3)22(19,20)14-8-12(16)7-6-11(14)2/h6-8,10H,4-5,9H2,1-3H3. The van der Waals surface area contributed by atoms with Crippen LogP contribution in [-0.4, -0.2) is 24.8 Å². The SMILES string of the molecule is CCCc1nc(CN(C)S(=O)(=O)c2cc(Br)ccc2C)cs1. The monoisotopic (exact) mass is 402 g/mol. The van der Waals surface area contributed by atoms with Gasteiger partial charge in [0.1, 0.15) is 0 Å². The van der Waals surface area contributed by atoms with Gasteiger partial charge in [0.05, 0.1) is 22.1 Å². The van der Waals surface area contributed by atoms with E-state index in [2.05, 4.69) is 27.8 Å². The molecule has 1 aromatic heterocycles. The van der Waals surface area contributed by atoms with Crippen molar-refractivity contribution < 1.29 is 8.42 Å². The molecule has 0 radical (unpaired) electrons. The molecule has 0 aliphatic carbocycles. The minimum absolute atomic E-state index is 0.286. The van der Waals surface area contributed by atoms with E-state index in [4.69, 9.17) is 0 Å². The van der Waals surface area contributed by atoms with E-state index in [1.165, 1.54) is 4.31 Å². The van der Waals surface area contributed by atoms with Crippen molar-refractivity contribution in [1.82, 2.24) is 9.29 Å². The summed E-state index contributed by atoms with van der Waals surface area (Å²) in [6, 6.07) is 5.28. The molecule has 0 bridgehead atoms. The summed E-state index contributed by atoms with van der Waals surface area (Å²) < 4.78 is 27.6. The summed E-state index contributed by atoms with van der Waals surface area (Å²) in [5, 5.41) is 2.99. The van der Waals surface area contributed by atoms with E-state index in [0.29, 0.717) is 4.90 Å². The Labute approximate surface area is 144 Å². The van der Waals surface area contributed by atoms with Gasteiger partial charge in [0.2, 0.25) is 10.0 Å². The third-order valence-corrected chi connectivity index (χ3v) is 6.68. The molecule has 120 valence electrons. The number of hydrogen-bond acceptors (Lipinski definition) is 4. The third kappa shape index (κ3) is 3.95. The van der Waals surface area contributed by atoms with Crippen LogP contribution in [0, 0.1) is 6.92 Å². The predicted molar refractivity (Wildman–Crippen MR) is 93.6 cm³/mol. The summed E-state index contributed by atoms with van der Waals surface area (Å²) in [4.78, 5) is 4.82. The zero-order valence-corrected chi connectivity index (χ0v) is 16.1. The molecule has 0 N–H and O–H groups in total. The second-order valence-corrected chi connectivity index (χ2v) is 9.03. The van der Waals surface area contributed by atoms with Gasteiger partial charge in [-0.15, -0.1) is 11.3 Å². The first-order valence-corrected chi connectivity index (χ1v) is 10.1. The van der Waals surface area contributed by atoms with Crippen molar-refractivity contribution in [3.63, 3.8) is 0 Å². The highest BCUT2D eigenvalue weighted by molar-refractivity contribution is 9.10. The number of benzene rings is 1. The molecule has 0 atom stereocenters. The molecule has 2 rings (SSSR count). The van der Waals surface area contributed by atoms with Crippen LogP contribution < -0.4 is 0 Å². The van der Waals surface area contributed by atoms with Crippen LogP contribution in [0.1, 0.15) is 29.6 Å². The van der Waals surface area contributed by atoms with Crippen LogP contribution in [-0.2, 0) is 23.0 Å². The number of thiazole rings is 1. The van der Waals surface area contributed by atoms with Crippen molar-refractivity contribution in [2.45, 2.75) is 38.1 Å². The predicted octanol–water partition coefficient (Wildman–Crippen LogP) is 3.99. The van der Waals surface area contributed by atoms with Crippen molar-refractivity contribution >= 4 is 37.3 Å². The average molecular weight is 403 g/mol. The fourth-order valence-electron chi connectivity index (χ4n) is 2.08. The van der Waals surface area contributed by atoms with Crippen LogP contribution in [0.5, 0.6) is 0 Å². The first kappa shape index (κ1) is 17.6. The maximum absolute atomic E-state index is 12.7. The van der Waals surface area contributed by atoms with E-state index < -0.39 is 10.0 Å². The van der Waals surface area contributed by atoms with Gasteiger partial charge in [-0.2, -0.15) is 4.31 Å². The van der Waals surface area contributed by atoms with Gasteiger partial charge in [0.15, 0.2) is 0 Å². The Morgan fingerprint density at radius 1 is 1.36 bits per heavy atom. The second-order valence-electron chi connectivity index (χ2n) is 5.15. The molecule has 0 saturated heterocycles. The zero-order valence-electron chi connectivity index (χ0n) is 12.8. The largest absolute Gasteiger partial charge is 0.245 e. The average Bonchev–Trinajstić information content (AvgIpc) is 2.89. The quantitative estimate of drug-likeness (QED) is 0.733. The number of aromatic nitrogens is 1. The van der Waals surface area contributed by atoms with Crippen molar-refractivity contribution in [2.75, 3.05) is 7.05 Å². The van der Waals surface area contributed by atoms with Gasteiger partial charge < -0.3 is 0 Å². The maximum Gasteiger partial charge on any atom is 0.243 e. The third-order valence-electron chi connectivity index (χ3n) is 3.29. The van der Waals surface area contributed by atoms with E-state index in [1.807, 2.05) is 11.4 Å². The van der Waals surface area contributed by atoms with Gasteiger partial charge in [-0.3, -0.25) is 0 Å². The van der Waals surface area contributed by atoms with Crippen LogP contribution in [0.25, 0.3) is 0 Å². The molecule has 0 amide bonds.